The second-order valence-corrected chi connectivity index (χ2v) is 8.27. The second kappa shape index (κ2) is 7.45. The van der Waals surface area contributed by atoms with E-state index in [1.807, 2.05) is 18.2 Å². The van der Waals surface area contributed by atoms with Gasteiger partial charge in [-0.25, -0.2) is 8.42 Å². The third-order valence-corrected chi connectivity index (χ3v) is 5.61. The summed E-state index contributed by atoms with van der Waals surface area (Å²) in [4.78, 5) is 4.10. The van der Waals surface area contributed by atoms with Crippen LogP contribution in [0.25, 0.3) is 0 Å². The normalized spacial score (nSPS) is 13.0. The largest absolute Gasteiger partial charge is 0.356 e. The molecule has 0 amide bonds. The maximum Gasteiger partial charge on any atom is 0.191 e. The molecule has 0 fully saturated rings. The number of nitrogens with one attached hydrogen (secondary N) is 2. The van der Waals surface area contributed by atoms with E-state index in [4.69, 9.17) is 0 Å². The van der Waals surface area contributed by atoms with Gasteiger partial charge in [-0.15, -0.1) is 0 Å². The first kappa shape index (κ1) is 17.5. The van der Waals surface area contributed by atoms with Crippen LogP contribution in [-0.4, -0.2) is 45.5 Å². The molecule has 1 rings (SSSR count). The Morgan fingerprint density at radius 2 is 1.81 bits per heavy atom. The second-order valence-electron chi connectivity index (χ2n) is 5.62. The molecule has 0 aliphatic carbocycles. The summed E-state index contributed by atoms with van der Waals surface area (Å²) in [6.07, 6.45) is 2.14. The monoisotopic (exact) mass is 311 g/mol. The molecule has 2 N–H and O–H groups in total. The minimum absolute atomic E-state index is 0.316. The lowest BCUT2D eigenvalue weighted by molar-refractivity contribution is 0.544. The Balaban J connectivity index is 2.43. The quantitative estimate of drug-likeness (QED) is 0.612. The molecule has 118 valence electrons. The molecule has 21 heavy (non-hydrogen) atoms. The Kier molecular flexibility index (Phi) is 6.20. The van der Waals surface area contributed by atoms with Gasteiger partial charge in [-0.2, -0.15) is 0 Å². The fraction of sp³-hybridized carbons (Fsp3) is 0.533. The first-order valence-corrected chi connectivity index (χ1v) is 8.83. The zero-order chi connectivity index (χ0) is 15.9. The Bertz CT molecular complexity index is 566. The van der Waals surface area contributed by atoms with E-state index in [0.717, 1.165) is 13.0 Å². The zero-order valence-electron chi connectivity index (χ0n) is 13.2. The Morgan fingerprint density at radius 3 is 2.33 bits per heavy atom. The summed E-state index contributed by atoms with van der Waals surface area (Å²) in [5.74, 6) is 0.614. The van der Waals surface area contributed by atoms with E-state index < -0.39 is 14.6 Å². The minimum Gasteiger partial charge on any atom is -0.356 e. The van der Waals surface area contributed by atoms with E-state index in [1.54, 1.807) is 20.9 Å². The molecule has 0 radical (unpaired) electrons. The summed E-state index contributed by atoms with van der Waals surface area (Å²) < 4.78 is 22.5. The van der Waals surface area contributed by atoms with Crippen molar-refractivity contribution in [1.29, 1.82) is 0 Å². The van der Waals surface area contributed by atoms with Crippen molar-refractivity contribution in [2.45, 2.75) is 25.0 Å². The highest BCUT2D eigenvalue weighted by atomic mass is 32.2. The SMILES string of the molecule is CN=C(NCCc1ccccc1)NCC(C)(C)S(C)(=O)=O. The lowest BCUT2D eigenvalue weighted by Gasteiger charge is -2.24. The summed E-state index contributed by atoms with van der Waals surface area (Å²) in [7, 11) is -1.44. The molecule has 1 aromatic carbocycles. The van der Waals surface area contributed by atoms with Gasteiger partial charge in [0, 0.05) is 26.4 Å². The number of hydrogen-bond donors (Lipinski definition) is 2. The Hall–Kier alpha value is -1.56. The standard InChI is InChI=1S/C15H25N3O2S/c1-15(2,21(4,19)20)12-18-14(16-3)17-11-10-13-8-6-5-7-9-13/h5-9H,10-12H2,1-4H3,(H2,16,17,18). The van der Waals surface area contributed by atoms with Gasteiger partial charge in [0.1, 0.15) is 0 Å². The van der Waals surface area contributed by atoms with Crippen LogP contribution in [0.2, 0.25) is 0 Å². The van der Waals surface area contributed by atoms with Crippen molar-refractivity contribution in [1.82, 2.24) is 10.6 Å². The van der Waals surface area contributed by atoms with Crippen molar-refractivity contribution in [3.8, 4) is 0 Å². The van der Waals surface area contributed by atoms with Gasteiger partial charge < -0.3 is 10.6 Å². The Labute approximate surface area is 127 Å². The predicted molar refractivity (Wildman–Crippen MR) is 88.4 cm³/mol. The lowest BCUT2D eigenvalue weighted by atomic mass is 10.1. The van der Waals surface area contributed by atoms with Crippen LogP contribution in [0, 0.1) is 0 Å². The molecule has 6 heteroatoms. The number of sulfone groups is 1. The van der Waals surface area contributed by atoms with Crippen LogP contribution >= 0.6 is 0 Å². The summed E-state index contributed by atoms with van der Waals surface area (Å²) in [5, 5.41) is 6.25. The van der Waals surface area contributed by atoms with Gasteiger partial charge >= 0.3 is 0 Å². The van der Waals surface area contributed by atoms with Crippen LogP contribution < -0.4 is 10.6 Å². The van der Waals surface area contributed by atoms with E-state index >= 15 is 0 Å². The molecule has 0 unspecified atom stereocenters. The van der Waals surface area contributed by atoms with E-state index in [0.29, 0.717) is 12.5 Å². The molecule has 1 aromatic rings. The van der Waals surface area contributed by atoms with Crippen molar-refractivity contribution in [3.05, 3.63) is 35.9 Å². The van der Waals surface area contributed by atoms with Gasteiger partial charge in [0.15, 0.2) is 15.8 Å². The smallest absolute Gasteiger partial charge is 0.191 e. The Morgan fingerprint density at radius 1 is 1.19 bits per heavy atom. The third-order valence-electron chi connectivity index (χ3n) is 3.46. The average molecular weight is 311 g/mol. The molecule has 0 heterocycles. The third kappa shape index (κ3) is 5.75. The minimum atomic E-state index is -3.12. The van der Waals surface area contributed by atoms with Crippen LogP contribution in [-0.2, 0) is 16.3 Å². The van der Waals surface area contributed by atoms with Crippen LogP contribution in [0.3, 0.4) is 0 Å². The van der Waals surface area contributed by atoms with Crippen molar-refractivity contribution in [2.24, 2.45) is 4.99 Å². The molecule has 0 spiro atoms. The molecule has 0 saturated heterocycles. The molecule has 0 aliphatic rings. The number of guanidine groups is 1. The maximum absolute atomic E-state index is 11.7. The highest BCUT2D eigenvalue weighted by molar-refractivity contribution is 7.92. The molecular weight excluding hydrogens is 286 g/mol. The molecule has 0 aromatic heterocycles. The molecular formula is C15H25N3O2S. The number of benzene rings is 1. The predicted octanol–water partition coefficient (Wildman–Crippen LogP) is 1.22. The molecule has 5 nitrogen and oxygen atoms in total. The first-order valence-electron chi connectivity index (χ1n) is 6.94. The molecule has 0 saturated carbocycles. The summed E-state index contributed by atoms with van der Waals surface area (Å²) in [6, 6.07) is 10.2. The highest BCUT2D eigenvalue weighted by Crippen LogP contribution is 2.13. The number of nitrogens with zero attached hydrogens (tertiary/aromatic N) is 1. The van der Waals surface area contributed by atoms with Gasteiger partial charge in [-0.1, -0.05) is 30.3 Å². The van der Waals surface area contributed by atoms with Crippen molar-refractivity contribution >= 4 is 15.8 Å². The summed E-state index contributed by atoms with van der Waals surface area (Å²) >= 11 is 0. The van der Waals surface area contributed by atoms with E-state index in [2.05, 4.69) is 27.8 Å². The first-order chi connectivity index (χ1) is 9.76. The van der Waals surface area contributed by atoms with Crippen LogP contribution in [0.4, 0.5) is 0 Å². The number of hydrogen-bond acceptors (Lipinski definition) is 3. The van der Waals surface area contributed by atoms with Gasteiger partial charge in [-0.3, -0.25) is 4.99 Å². The fourth-order valence-electron chi connectivity index (χ4n) is 1.62. The van der Waals surface area contributed by atoms with Gasteiger partial charge in [0.05, 0.1) is 4.75 Å². The summed E-state index contributed by atoms with van der Waals surface area (Å²) in [5.41, 5.74) is 1.25. The van der Waals surface area contributed by atoms with Crippen LogP contribution in [0.1, 0.15) is 19.4 Å². The van der Waals surface area contributed by atoms with Gasteiger partial charge in [-0.05, 0) is 25.8 Å². The zero-order valence-corrected chi connectivity index (χ0v) is 14.0. The highest BCUT2D eigenvalue weighted by Gasteiger charge is 2.30. The van der Waals surface area contributed by atoms with Gasteiger partial charge in [0.25, 0.3) is 0 Å². The lowest BCUT2D eigenvalue weighted by Crippen LogP contribution is -2.48. The number of rotatable bonds is 6. The molecule has 0 atom stereocenters. The van der Waals surface area contributed by atoms with Crippen LogP contribution in [0.5, 0.6) is 0 Å². The molecule has 0 aliphatic heterocycles. The van der Waals surface area contributed by atoms with E-state index in [1.165, 1.54) is 11.8 Å². The van der Waals surface area contributed by atoms with Crippen molar-refractivity contribution < 1.29 is 8.42 Å². The summed E-state index contributed by atoms with van der Waals surface area (Å²) in [6.45, 7) is 4.46. The molecule has 0 bridgehead atoms. The van der Waals surface area contributed by atoms with Gasteiger partial charge in [0.2, 0.25) is 0 Å². The van der Waals surface area contributed by atoms with Crippen LogP contribution in [0.15, 0.2) is 35.3 Å². The van der Waals surface area contributed by atoms with Crippen molar-refractivity contribution in [2.75, 3.05) is 26.4 Å². The maximum atomic E-state index is 11.7. The van der Waals surface area contributed by atoms with E-state index in [9.17, 15) is 8.42 Å². The topological polar surface area (TPSA) is 70.6 Å². The fourth-order valence-corrected chi connectivity index (χ4v) is 1.95. The number of aliphatic imine (C=N–C) groups is 1. The average Bonchev–Trinajstić information content (AvgIpc) is 2.42. The van der Waals surface area contributed by atoms with E-state index in [-0.39, 0.29) is 0 Å². The van der Waals surface area contributed by atoms with Crippen molar-refractivity contribution in [3.63, 3.8) is 0 Å².